The van der Waals surface area contributed by atoms with Gasteiger partial charge in [0, 0.05) is 6.54 Å². The molecule has 2 aromatic rings. The van der Waals surface area contributed by atoms with Crippen LogP contribution >= 0.6 is 0 Å². The number of carbonyl (C=O) groups excluding carboxylic acids is 1. The highest BCUT2D eigenvalue weighted by atomic mass is 32.2. The van der Waals surface area contributed by atoms with E-state index in [-0.39, 0.29) is 22.8 Å². The Kier molecular flexibility index (Phi) is 6.05. The molecule has 0 heterocycles. The van der Waals surface area contributed by atoms with Crippen LogP contribution in [0.4, 0.5) is 8.78 Å². The van der Waals surface area contributed by atoms with E-state index in [0.29, 0.717) is 5.56 Å². The molecule has 0 fully saturated rings. The summed E-state index contributed by atoms with van der Waals surface area (Å²) < 4.78 is 60.0. The van der Waals surface area contributed by atoms with Crippen LogP contribution in [0.5, 0.6) is 5.75 Å². The molecule has 0 aliphatic heterocycles. The summed E-state index contributed by atoms with van der Waals surface area (Å²) in [6, 6.07) is 10.9. The van der Waals surface area contributed by atoms with E-state index in [2.05, 4.69) is 14.2 Å². The molecule has 134 valence electrons. The van der Waals surface area contributed by atoms with E-state index in [1.54, 1.807) is 6.07 Å². The molecule has 25 heavy (non-hydrogen) atoms. The van der Waals surface area contributed by atoms with Crippen molar-refractivity contribution in [2.24, 2.45) is 0 Å². The monoisotopic (exact) mass is 371 g/mol. The molecule has 0 aliphatic carbocycles. The van der Waals surface area contributed by atoms with E-state index in [9.17, 15) is 22.0 Å². The molecule has 0 amide bonds. The van der Waals surface area contributed by atoms with Gasteiger partial charge in [0.05, 0.1) is 17.6 Å². The van der Waals surface area contributed by atoms with Crippen LogP contribution in [-0.4, -0.2) is 28.1 Å². The van der Waals surface area contributed by atoms with Gasteiger partial charge in [-0.25, -0.2) is 17.9 Å². The smallest absolute Gasteiger partial charge is 0.387 e. The molecule has 2 rings (SSSR count). The highest BCUT2D eigenvalue weighted by Gasteiger charge is 2.15. The zero-order chi connectivity index (χ0) is 18.4. The zero-order valence-corrected chi connectivity index (χ0v) is 13.9. The van der Waals surface area contributed by atoms with Crippen LogP contribution in [0.1, 0.15) is 15.9 Å². The number of halogens is 2. The van der Waals surface area contributed by atoms with Gasteiger partial charge in [-0.05, 0) is 42.0 Å². The minimum absolute atomic E-state index is 0.0415. The van der Waals surface area contributed by atoms with Crippen LogP contribution in [-0.2, 0) is 21.3 Å². The van der Waals surface area contributed by atoms with Gasteiger partial charge in [-0.2, -0.15) is 8.78 Å². The highest BCUT2D eigenvalue weighted by Crippen LogP contribution is 2.17. The largest absolute Gasteiger partial charge is 0.465 e. The molecule has 0 saturated carbocycles. The van der Waals surface area contributed by atoms with E-state index in [1.807, 2.05) is 0 Å². The number of methoxy groups -OCH3 is 1. The van der Waals surface area contributed by atoms with Crippen molar-refractivity contribution >= 4 is 16.0 Å². The van der Waals surface area contributed by atoms with Crippen molar-refractivity contribution < 1.29 is 31.5 Å². The van der Waals surface area contributed by atoms with Crippen molar-refractivity contribution in [2.75, 3.05) is 7.11 Å². The van der Waals surface area contributed by atoms with E-state index in [1.165, 1.54) is 49.6 Å². The summed E-state index contributed by atoms with van der Waals surface area (Å²) in [5.74, 6) is -0.637. The lowest BCUT2D eigenvalue weighted by Gasteiger charge is -2.09. The summed E-state index contributed by atoms with van der Waals surface area (Å²) in [7, 11) is -2.61. The molecule has 6 nitrogen and oxygen atoms in total. The molecule has 0 radical (unpaired) electrons. The first kappa shape index (κ1) is 18.8. The van der Waals surface area contributed by atoms with Gasteiger partial charge < -0.3 is 9.47 Å². The number of alkyl halides is 2. The molecule has 0 unspecified atom stereocenters. The van der Waals surface area contributed by atoms with E-state index >= 15 is 0 Å². The maximum atomic E-state index is 12.2. The summed E-state index contributed by atoms with van der Waals surface area (Å²) >= 11 is 0. The number of carbonyl (C=O) groups is 1. The van der Waals surface area contributed by atoms with Crippen LogP contribution in [0.15, 0.2) is 53.4 Å². The van der Waals surface area contributed by atoms with Crippen molar-refractivity contribution in [3.05, 3.63) is 59.7 Å². The number of sulfonamides is 1. The average Bonchev–Trinajstić information content (AvgIpc) is 2.59. The van der Waals surface area contributed by atoms with E-state index in [4.69, 9.17) is 0 Å². The summed E-state index contributed by atoms with van der Waals surface area (Å²) in [4.78, 5) is 11.3. The second kappa shape index (κ2) is 8.04. The van der Waals surface area contributed by atoms with Crippen molar-refractivity contribution in [3.8, 4) is 5.75 Å². The Morgan fingerprint density at radius 2 is 1.84 bits per heavy atom. The normalized spacial score (nSPS) is 11.4. The number of benzene rings is 2. The molecule has 0 atom stereocenters. The maximum absolute atomic E-state index is 12.2. The lowest BCUT2D eigenvalue weighted by molar-refractivity contribution is -0.0498. The number of esters is 1. The second-order valence-electron chi connectivity index (χ2n) is 4.87. The molecule has 2 aromatic carbocycles. The molecule has 0 bridgehead atoms. The Morgan fingerprint density at radius 3 is 2.44 bits per heavy atom. The van der Waals surface area contributed by atoms with Gasteiger partial charge in [-0.15, -0.1) is 0 Å². The molecule has 9 heteroatoms. The Morgan fingerprint density at radius 1 is 1.16 bits per heavy atom. The fourth-order valence-electron chi connectivity index (χ4n) is 1.98. The fourth-order valence-corrected chi connectivity index (χ4v) is 3.00. The molecular weight excluding hydrogens is 356 g/mol. The van der Waals surface area contributed by atoms with Crippen molar-refractivity contribution in [2.45, 2.75) is 18.1 Å². The first-order valence-corrected chi connectivity index (χ1v) is 8.52. The van der Waals surface area contributed by atoms with Crippen LogP contribution in [0.25, 0.3) is 0 Å². The van der Waals surface area contributed by atoms with Crippen LogP contribution < -0.4 is 9.46 Å². The third-order valence-corrected chi connectivity index (χ3v) is 4.59. The molecule has 0 aliphatic rings. The van der Waals surface area contributed by atoms with Crippen LogP contribution in [0.3, 0.4) is 0 Å². The second-order valence-corrected chi connectivity index (χ2v) is 6.63. The minimum Gasteiger partial charge on any atom is -0.465 e. The molecule has 0 aromatic heterocycles. The van der Waals surface area contributed by atoms with Crippen molar-refractivity contribution in [1.29, 1.82) is 0 Å². The minimum atomic E-state index is -3.83. The third kappa shape index (κ3) is 5.23. The first-order chi connectivity index (χ1) is 11.8. The summed E-state index contributed by atoms with van der Waals surface area (Å²) in [6.45, 7) is -3.07. The van der Waals surface area contributed by atoms with E-state index in [0.717, 1.165) is 0 Å². The zero-order valence-electron chi connectivity index (χ0n) is 13.1. The quantitative estimate of drug-likeness (QED) is 0.757. The Balaban J connectivity index is 2.07. The standard InChI is InChI=1S/C16H15F2NO5S/c1-23-15(20)12-5-7-14(8-6-12)25(21,22)19-10-11-3-2-4-13(9-11)24-16(17)18/h2-9,16,19H,10H2,1H3. The molecule has 0 spiro atoms. The Bertz CT molecular complexity index is 838. The van der Waals surface area contributed by atoms with Gasteiger partial charge in [-0.3, -0.25) is 0 Å². The Labute approximate surface area is 143 Å². The Hall–Kier alpha value is -2.52. The van der Waals surface area contributed by atoms with Gasteiger partial charge in [0.25, 0.3) is 0 Å². The molecular formula is C16H15F2NO5S. The summed E-state index contributed by atoms with van der Waals surface area (Å²) in [6.07, 6.45) is 0. The van der Waals surface area contributed by atoms with Gasteiger partial charge in [0.2, 0.25) is 10.0 Å². The summed E-state index contributed by atoms with van der Waals surface area (Å²) in [5.41, 5.74) is 0.672. The predicted octanol–water partition coefficient (Wildman–Crippen LogP) is 2.55. The van der Waals surface area contributed by atoms with E-state index < -0.39 is 22.6 Å². The first-order valence-electron chi connectivity index (χ1n) is 7.03. The fraction of sp³-hybridized carbons (Fsp3) is 0.188. The van der Waals surface area contributed by atoms with Gasteiger partial charge >= 0.3 is 12.6 Å². The number of hydrogen-bond acceptors (Lipinski definition) is 5. The maximum Gasteiger partial charge on any atom is 0.387 e. The van der Waals surface area contributed by atoms with Crippen molar-refractivity contribution in [1.82, 2.24) is 4.72 Å². The topological polar surface area (TPSA) is 81.7 Å². The van der Waals surface area contributed by atoms with Gasteiger partial charge in [-0.1, -0.05) is 12.1 Å². The van der Waals surface area contributed by atoms with Crippen molar-refractivity contribution in [3.63, 3.8) is 0 Å². The molecule has 0 saturated heterocycles. The van der Waals surface area contributed by atoms with Crippen LogP contribution in [0, 0.1) is 0 Å². The highest BCUT2D eigenvalue weighted by molar-refractivity contribution is 7.89. The number of ether oxygens (including phenoxy) is 2. The molecule has 1 N–H and O–H groups in total. The van der Waals surface area contributed by atoms with Crippen LogP contribution in [0.2, 0.25) is 0 Å². The lowest BCUT2D eigenvalue weighted by Crippen LogP contribution is -2.23. The van der Waals surface area contributed by atoms with Gasteiger partial charge in [0.1, 0.15) is 5.75 Å². The number of rotatable bonds is 7. The average molecular weight is 371 g/mol. The number of nitrogens with one attached hydrogen (secondary N) is 1. The summed E-state index contributed by atoms with van der Waals surface area (Å²) in [5, 5.41) is 0. The third-order valence-electron chi connectivity index (χ3n) is 3.18. The SMILES string of the molecule is COC(=O)c1ccc(S(=O)(=O)NCc2cccc(OC(F)F)c2)cc1. The lowest BCUT2D eigenvalue weighted by atomic mass is 10.2. The number of hydrogen-bond donors (Lipinski definition) is 1. The predicted molar refractivity (Wildman–Crippen MR) is 84.9 cm³/mol. The van der Waals surface area contributed by atoms with Gasteiger partial charge in [0.15, 0.2) is 0 Å².